The Balaban J connectivity index is 2.30. The van der Waals surface area contributed by atoms with Gasteiger partial charge in [-0.25, -0.2) is 4.79 Å². The van der Waals surface area contributed by atoms with Gasteiger partial charge >= 0.3 is 11.7 Å². The fourth-order valence-electron chi connectivity index (χ4n) is 2.08. The SMILES string of the molecule is COC(=O)C1CN(c2cccc(Cl)c2[N+](=O)[O-])CCO1. The Morgan fingerprint density at radius 3 is 3.00 bits per heavy atom. The van der Waals surface area contributed by atoms with Gasteiger partial charge in [-0.15, -0.1) is 0 Å². The predicted molar refractivity (Wildman–Crippen MR) is 72.1 cm³/mol. The van der Waals surface area contributed by atoms with E-state index < -0.39 is 17.0 Å². The van der Waals surface area contributed by atoms with Crippen molar-refractivity contribution in [1.82, 2.24) is 0 Å². The van der Waals surface area contributed by atoms with E-state index >= 15 is 0 Å². The zero-order valence-corrected chi connectivity index (χ0v) is 11.5. The van der Waals surface area contributed by atoms with Gasteiger partial charge in [0.25, 0.3) is 0 Å². The summed E-state index contributed by atoms with van der Waals surface area (Å²) in [5.41, 5.74) is 0.208. The summed E-state index contributed by atoms with van der Waals surface area (Å²) < 4.78 is 9.92. The molecule has 0 spiro atoms. The molecular formula is C12H13ClN2O5. The number of anilines is 1. The number of ether oxygens (including phenoxy) is 2. The molecule has 2 rings (SSSR count). The van der Waals surface area contributed by atoms with E-state index in [1.807, 2.05) is 0 Å². The molecule has 1 heterocycles. The molecule has 1 saturated heterocycles. The largest absolute Gasteiger partial charge is 0.467 e. The summed E-state index contributed by atoms with van der Waals surface area (Å²) in [5.74, 6) is -0.501. The van der Waals surface area contributed by atoms with E-state index in [1.165, 1.54) is 13.2 Å². The van der Waals surface area contributed by atoms with Gasteiger partial charge in [-0.3, -0.25) is 10.1 Å². The monoisotopic (exact) mass is 300 g/mol. The molecule has 0 radical (unpaired) electrons. The van der Waals surface area contributed by atoms with Crippen LogP contribution in [0.15, 0.2) is 18.2 Å². The number of hydrogen-bond donors (Lipinski definition) is 0. The standard InChI is InChI=1S/C12H13ClN2O5/c1-19-12(16)10-7-14(5-6-20-10)9-4-2-3-8(13)11(9)15(17)18/h2-4,10H,5-7H2,1H3. The number of carbonyl (C=O) groups excluding carboxylic acids is 1. The molecule has 1 unspecified atom stereocenters. The lowest BCUT2D eigenvalue weighted by Crippen LogP contribution is -2.46. The third-order valence-corrected chi connectivity index (χ3v) is 3.32. The van der Waals surface area contributed by atoms with Crippen LogP contribution >= 0.6 is 11.6 Å². The first-order valence-electron chi connectivity index (χ1n) is 5.92. The van der Waals surface area contributed by atoms with Gasteiger partial charge in [0.2, 0.25) is 0 Å². The molecule has 7 nitrogen and oxygen atoms in total. The van der Waals surface area contributed by atoms with Crippen molar-refractivity contribution in [3.05, 3.63) is 33.3 Å². The molecule has 0 N–H and O–H groups in total. The van der Waals surface area contributed by atoms with Crippen molar-refractivity contribution in [2.75, 3.05) is 31.7 Å². The fourth-order valence-corrected chi connectivity index (χ4v) is 2.32. The summed E-state index contributed by atoms with van der Waals surface area (Å²) in [5, 5.41) is 11.2. The average molecular weight is 301 g/mol. The maximum atomic E-state index is 11.5. The number of methoxy groups -OCH3 is 1. The normalized spacial score (nSPS) is 18.7. The zero-order valence-electron chi connectivity index (χ0n) is 10.7. The highest BCUT2D eigenvalue weighted by atomic mass is 35.5. The summed E-state index contributed by atoms with van der Waals surface area (Å²) in [6.45, 7) is 0.909. The van der Waals surface area contributed by atoms with Crippen molar-refractivity contribution in [1.29, 1.82) is 0 Å². The maximum Gasteiger partial charge on any atom is 0.336 e. The lowest BCUT2D eigenvalue weighted by atomic mass is 10.2. The predicted octanol–water partition coefficient (Wildman–Crippen LogP) is 1.63. The number of nitrogens with zero attached hydrogens (tertiary/aromatic N) is 2. The summed E-state index contributed by atoms with van der Waals surface area (Å²) >= 11 is 5.88. The van der Waals surface area contributed by atoms with Crippen LogP contribution in [0.4, 0.5) is 11.4 Å². The highest BCUT2D eigenvalue weighted by Crippen LogP contribution is 2.35. The number of morpholine rings is 1. The number of para-hydroxylation sites is 1. The Morgan fingerprint density at radius 1 is 1.60 bits per heavy atom. The average Bonchev–Trinajstić information content (AvgIpc) is 2.45. The van der Waals surface area contributed by atoms with Crippen LogP contribution in [0, 0.1) is 10.1 Å². The molecular weight excluding hydrogens is 288 g/mol. The molecule has 0 bridgehead atoms. The number of halogens is 1. The van der Waals surface area contributed by atoms with Crippen molar-refractivity contribution in [2.24, 2.45) is 0 Å². The number of esters is 1. The Kier molecular flexibility index (Phi) is 4.41. The Hall–Kier alpha value is -1.86. The minimum atomic E-state index is -0.757. The molecule has 0 amide bonds. The van der Waals surface area contributed by atoms with Crippen molar-refractivity contribution < 1.29 is 19.2 Å². The van der Waals surface area contributed by atoms with Crippen molar-refractivity contribution >= 4 is 28.9 Å². The lowest BCUT2D eigenvalue weighted by molar-refractivity contribution is -0.384. The number of benzene rings is 1. The van der Waals surface area contributed by atoms with E-state index in [0.29, 0.717) is 12.2 Å². The minimum absolute atomic E-state index is 0.0635. The van der Waals surface area contributed by atoms with Gasteiger partial charge < -0.3 is 14.4 Å². The highest BCUT2D eigenvalue weighted by molar-refractivity contribution is 6.33. The Morgan fingerprint density at radius 2 is 2.35 bits per heavy atom. The van der Waals surface area contributed by atoms with Crippen LogP contribution in [-0.2, 0) is 14.3 Å². The van der Waals surface area contributed by atoms with Crippen LogP contribution in [0.25, 0.3) is 0 Å². The Labute approximate surface area is 120 Å². The van der Waals surface area contributed by atoms with Crippen molar-refractivity contribution in [2.45, 2.75) is 6.10 Å². The van der Waals surface area contributed by atoms with Gasteiger partial charge in [0.1, 0.15) is 10.7 Å². The molecule has 1 atom stereocenters. The summed E-state index contributed by atoms with van der Waals surface area (Å²) in [6.07, 6.45) is -0.757. The van der Waals surface area contributed by atoms with E-state index in [9.17, 15) is 14.9 Å². The molecule has 108 valence electrons. The molecule has 1 aromatic carbocycles. The third kappa shape index (κ3) is 2.83. The summed E-state index contributed by atoms with van der Waals surface area (Å²) in [7, 11) is 1.27. The third-order valence-electron chi connectivity index (χ3n) is 3.02. The van der Waals surface area contributed by atoms with E-state index in [-0.39, 0.29) is 23.9 Å². The number of nitro benzene ring substituents is 1. The van der Waals surface area contributed by atoms with E-state index in [1.54, 1.807) is 17.0 Å². The lowest BCUT2D eigenvalue weighted by Gasteiger charge is -2.32. The number of nitro groups is 1. The van der Waals surface area contributed by atoms with Crippen LogP contribution < -0.4 is 4.90 Å². The first-order valence-corrected chi connectivity index (χ1v) is 6.29. The molecule has 8 heteroatoms. The molecule has 1 aliphatic heterocycles. The molecule has 20 heavy (non-hydrogen) atoms. The van der Waals surface area contributed by atoms with E-state index in [4.69, 9.17) is 16.3 Å². The van der Waals surface area contributed by atoms with Crippen molar-refractivity contribution in [3.63, 3.8) is 0 Å². The number of hydrogen-bond acceptors (Lipinski definition) is 6. The highest BCUT2D eigenvalue weighted by Gasteiger charge is 2.31. The molecule has 0 aliphatic carbocycles. The first-order chi connectivity index (χ1) is 9.54. The fraction of sp³-hybridized carbons (Fsp3) is 0.417. The van der Waals surface area contributed by atoms with E-state index in [2.05, 4.69) is 4.74 Å². The van der Waals surface area contributed by atoms with E-state index in [0.717, 1.165) is 0 Å². The topological polar surface area (TPSA) is 81.9 Å². The van der Waals surface area contributed by atoms with Crippen LogP contribution in [0.1, 0.15) is 0 Å². The van der Waals surface area contributed by atoms with Crippen LogP contribution in [0.2, 0.25) is 5.02 Å². The quantitative estimate of drug-likeness (QED) is 0.479. The Bertz CT molecular complexity index is 537. The smallest absolute Gasteiger partial charge is 0.336 e. The second-order valence-electron chi connectivity index (χ2n) is 4.19. The molecule has 1 fully saturated rings. The molecule has 1 aromatic rings. The van der Waals surface area contributed by atoms with Gasteiger partial charge in [-0.05, 0) is 12.1 Å². The second kappa shape index (κ2) is 6.06. The first kappa shape index (κ1) is 14.5. The summed E-state index contributed by atoms with van der Waals surface area (Å²) in [4.78, 5) is 23.8. The zero-order chi connectivity index (χ0) is 14.7. The molecule has 0 aromatic heterocycles. The van der Waals surface area contributed by atoms with Gasteiger partial charge in [0.05, 0.1) is 25.2 Å². The van der Waals surface area contributed by atoms with Gasteiger partial charge in [-0.2, -0.15) is 0 Å². The summed E-state index contributed by atoms with van der Waals surface area (Å²) in [6, 6.07) is 4.69. The van der Waals surface area contributed by atoms with Gasteiger partial charge in [-0.1, -0.05) is 17.7 Å². The van der Waals surface area contributed by atoms with Crippen LogP contribution in [0.5, 0.6) is 0 Å². The molecule has 0 saturated carbocycles. The van der Waals surface area contributed by atoms with Gasteiger partial charge in [0, 0.05) is 6.54 Å². The van der Waals surface area contributed by atoms with Crippen LogP contribution in [0.3, 0.4) is 0 Å². The van der Waals surface area contributed by atoms with Crippen molar-refractivity contribution in [3.8, 4) is 0 Å². The minimum Gasteiger partial charge on any atom is -0.467 e. The number of rotatable bonds is 3. The molecule has 1 aliphatic rings. The van der Waals surface area contributed by atoms with Gasteiger partial charge in [0.15, 0.2) is 6.10 Å². The number of carbonyl (C=O) groups is 1. The van der Waals surface area contributed by atoms with Crippen LogP contribution in [-0.4, -0.2) is 43.8 Å². The second-order valence-corrected chi connectivity index (χ2v) is 4.60. The maximum absolute atomic E-state index is 11.5.